The maximum atomic E-state index is 12.1. The summed E-state index contributed by atoms with van der Waals surface area (Å²) in [5.41, 5.74) is 0.432. The zero-order valence-electron chi connectivity index (χ0n) is 12.0. The molecule has 0 radical (unpaired) electrons. The monoisotopic (exact) mass is 252 g/mol. The highest BCUT2D eigenvalue weighted by atomic mass is 16.2. The summed E-state index contributed by atoms with van der Waals surface area (Å²) in [6, 6.07) is 0.587. The van der Waals surface area contributed by atoms with E-state index in [0.717, 1.165) is 45.3 Å². The first kappa shape index (κ1) is 13.9. The molecule has 1 amide bonds. The average molecular weight is 252 g/mol. The summed E-state index contributed by atoms with van der Waals surface area (Å²) in [5.74, 6) is 0.373. The summed E-state index contributed by atoms with van der Waals surface area (Å²) in [4.78, 5) is 14.2. The molecule has 2 fully saturated rings. The minimum atomic E-state index is 0.373. The van der Waals surface area contributed by atoms with Gasteiger partial charge in [0.05, 0.1) is 0 Å². The van der Waals surface area contributed by atoms with Gasteiger partial charge in [-0.3, -0.25) is 4.79 Å². The lowest BCUT2D eigenvalue weighted by Crippen LogP contribution is -2.42. The van der Waals surface area contributed by atoms with Crippen LogP contribution in [0.2, 0.25) is 0 Å². The zero-order valence-corrected chi connectivity index (χ0v) is 12.0. The Hall–Kier alpha value is -0.570. The Balaban J connectivity index is 1.68. The molecule has 1 N–H and O–H groups in total. The molecule has 0 bridgehead atoms. The van der Waals surface area contributed by atoms with Crippen molar-refractivity contribution in [3.8, 4) is 0 Å². The number of carbonyl (C=O) groups is 1. The van der Waals surface area contributed by atoms with Crippen LogP contribution in [-0.4, -0.2) is 36.5 Å². The number of likely N-dealkylation sites (tertiary alicyclic amines) is 1. The van der Waals surface area contributed by atoms with Crippen molar-refractivity contribution in [1.82, 2.24) is 10.2 Å². The lowest BCUT2D eigenvalue weighted by atomic mass is 9.82. The van der Waals surface area contributed by atoms with E-state index in [1.54, 1.807) is 0 Å². The Morgan fingerprint density at radius 2 is 2.00 bits per heavy atom. The molecule has 1 unspecified atom stereocenters. The van der Waals surface area contributed by atoms with E-state index >= 15 is 0 Å². The maximum absolute atomic E-state index is 12.1. The second kappa shape index (κ2) is 6.05. The van der Waals surface area contributed by atoms with E-state index in [9.17, 15) is 4.79 Å². The molecule has 3 heteroatoms. The molecule has 3 nitrogen and oxygen atoms in total. The van der Waals surface area contributed by atoms with Crippen LogP contribution in [0.5, 0.6) is 0 Å². The maximum Gasteiger partial charge on any atom is 0.222 e. The average Bonchev–Trinajstić information content (AvgIpc) is 2.37. The molecule has 0 saturated carbocycles. The van der Waals surface area contributed by atoms with Crippen LogP contribution in [-0.2, 0) is 4.79 Å². The first-order chi connectivity index (χ1) is 8.57. The van der Waals surface area contributed by atoms with Crippen molar-refractivity contribution in [1.29, 1.82) is 0 Å². The number of hydrogen-bond acceptors (Lipinski definition) is 2. The van der Waals surface area contributed by atoms with Gasteiger partial charge in [0, 0.05) is 25.6 Å². The van der Waals surface area contributed by atoms with Crippen molar-refractivity contribution >= 4 is 5.91 Å². The minimum absolute atomic E-state index is 0.373. The van der Waals surface area contributed by atoms with Crippen LogP contribution in [0.4, 0.5) is 0 Å². The molecule has 2 rings (SSSR count). The van der Waals surface area contributed by atoms with Crippen molar-refractivity contribution in [2.24, 2.45) is 5.41 Å². The van der Waals surface area contributed by atoms with Crippen LogP contribution in [0.25, 0.3) is 0 Å². The van der Waals surface area contributed by atoms with Crippen LogP contribution in [0.1, 0.15) is 58.8 Å². The van der Waals surface area contributed by atoms with E-state index in [-0.39, 0.29) is 0 Å². The van der Waals surface area contributed by atoms with Crippen LogP contribution in [0, 0.1) is 5.41 Å². The van der Waals surface area contributed by atoms with Crippen molar-refractivity contribution in [3.05, 3.63) is 0 Å². The molecule has 0 aromatic rings. The van der Waals surface area contributed by atoms with Gasteiger partial charge in [-0.05, 0) is 44.1 Å². The molecule has 2 aliphatic rings. The molecule has 0 aliphatic carbocycles. The number of hydrogen-bond donors (Lipinski definition) is 1. The molecule has 2 heterocycles. The second-order valence-corrected chi connectivity index (χ2v) is 6.73. The third-order valence-corrected chi connectivity index (χ3v) is 4.59. The van der Waals surface area contributed by atoms with Gasteiger partial charge in [0.1, 0.15) is 0 Å². The van der Waals surface area contributed by atoms with Gasteiger partial charge >= 0.3 is 0 Å². The molecule has 104 valence electrons. The van der Waals surface area contributed by atoms with E-state index in [1.807, 2.05) is 0 Å². The highest BCUT2D eigenvalue weighted by Gasteiger charge is 2.27. The predicted octanol–water partition coefficient (Wildman–Crippen LogP) is 2.56. The van der Waals surface area contributed by atoms with E-state index in [1.165, 1.54) is 19.3 Å². The molecular weight excluding hydrogens is 224 g/mol. The Morgan fingerprint density at radius 3 is 2.61 bits per heavy atom. The Morgan fingerprint density at radius 1 is 1.28 bits per heavy atom. The normalized spacial score (nSPS) is 28.1. The van der Waals surface area contributed by atoms with Gasteiger partial charge in [-0.1, -0.05) is 20.3 Å². The molecule has 0 aromatic heterocycles. The van der Waals surface area contributed by atoms with Crippen molar-refractivity contribution < 1.29 is 4.79 Å². The SMILES string of the molecule is CC1(C)CCN(C(=O)CCC2CCCCN2)CC1. The van der Waals surface area contributed by atoms with Crippen LogP contribution < -0.4 is 5.32 Å². The lowest BCUT2D eigenvalue weighted by molar-refractivity contribution is -0.133. The Bertz CT molecular complexity index is 272. The number of piperidine rings is 2. The zero-order chi connectivity index (χ0) is 13.0. The fourth-order valence-corrected chi connectivity index (χ4v) is 2.99. The predicted molar refractivity (Wildman–Crippen MR) is 74.5 cm³/mol. The number of nitrogens with one attached hydrogen (secondary N) is 1. The first-order valence-corrected chi connectivity index (χ1v) is 7.58. The third kappa shape index (κ3) is 3.98. The number of rotatable bonds is 3. The Kier molecular flexibility index (Phi) is 4.66. The van der Waals surface area contributed by atoms with Gasteiger partial charge < -0.3 is 10.2 Å². The summed E-state index contributed by atoms with van der Waals surface area (Å²) in [5, 5.41) is 3.52. The largest absolute Gasteiger partial charge is 0.343 e. The van der Waals surface area contributed by atoms with E-state index in [0.29, 0.717) is 17.4 Å². The molecule has 1 atom stereocenters. The standard InChI is InChI=1S/C15H28N2O/c1-15(2)8-11-17(12-9-15)14(18)7-6-13-5-3-4-10-16-13/h13,16H,3-12H2,1-2H3. The topological polar surface area (TPSA) is 32.3 Å². The highest BCUT2D eigenvalue weighted by Crippen LogP contribution is 2.30. The molecule has 2 aliphatic heterocycles. The first-order valence-electron chi connectivity index (χ1n) is 7.58. The third-order valence-electron chi connectivity index (χ3n) is 4.59. The Labute approximate surface area is 111 Å². The van der Waals surface area contributed by atoms with Gasteiger partial charge in [0.25, 0.3) is 0 Å². The molecule has 0 aromatic carbocycles. The summed E-state index contributed by atoms with van der Waals surface area (Å²) in [7, 11) is 0. The number of amides is 1. The van der Waals surface area contributed by atoms with E-state index < -0.39 is 0 Å². The van der Waals surface area contributed by atoms with Crippen LogP contribution in [0.15, 0.2) is 0 Å². The fraction of sp³-hybridized carbons (Fsp3) is 0.933. The molecule has 18 heavy (non-hydrogen) atoms. The molecule has 2 saturated heterocycles. The van der Waals surface area contributed by atoms with Crippen LogP contribution in [0.3, 0.4) is 0 Å². The van der Waals surface area contributed by atoms with Crippen molar-refractivity contribution in [3.63, 3.8) is 0 Å². The van der Waals surface area contributed by atoms with E-state index in [2.05, 4.69) is 24.1 Å². The molecular formula is C15H28N2O. The smallest absolute Gasteiger partial charge is 0.222 e. The summed E-state index contributed by atoms with van der Waals surface area (Å²) in [6.07, 6.45) is 7.94. The lowest BCUT2D eigenvalue weighted by Gasteiger charge is -2.37. The van der Waals surface area contributed by atoms with Crippen molar-refractivity contribution in [2.75, 3.05) is 19.6 Å². The highest BCUT2D eigenvalue weighted by molar-refractivity contribution is 5.76. The van der Waals surface area contributed by atoms with Gasteiger partial charge in [-0.2, -0.15) is 0 Å². The number of carbonyl (C=O) groups excluding carboxylic acids is 1. The summed E-state index contributed by atoms with van der Waals surface area (Å²) >= 11 is 0. The fourth-order valence-electron chi connectivity index (χ4n) is 2.99. The quantitative estimate of drug-likeness (QED) is 0.837. The number of nitrogens with zero attached hydrogens (tertiary/aromatic N) is 1. The van der Waals surface area contributed by atoms with Gasteiger partial charge in [-0.15, -0.1) is 0 Å². The van der Waals surface area contributed by atoms with Gasteiger partial charge in [-0.25, -0.2) is 0 Å². The summed E-state index contributed by atoms with van der Waals surface area (Å²) in [6.45, 7) is 7.67. The van der Waals surface area contributed by atoms with Gasteiger partial charge in [0.2, 0.25) is 5.91 Å². The summed E-state index contributed by atoms with van der Waals surface area (Å²) < 4.78 is 0. The van der Waals surface area contributed by atoms with E-state index in [4.69, 9.17) is 0 Å². The second-order valence-electron chi connectivity index (χ2n) is 6.73. The van der Waals surface area contributed by atoms with Crippen LogP contribution >= 0.6 is 0 Å². The minimum Gasteiger partial charge on any atom is -0.343 e. The van der Waals surface area contributed by atoms with Gasteiger partial charge in [0.15, 0.2) is 0 Å². The molecule has 0 spiro atoms. The van der Waals surface area contributed by atoms with Crippen molar-refractivity contribution in [2.45, 2.75) is 64.8 Å².